The second-order valence-electron chi connectivity index (χ2n) is 5.93. The second kappa shape index (κ2) is 7.81. The predicted octanol–water partition coefficient (Wildman–Crippen LogP) is 2.09. The number of benzene rings is 1. The highest BCUT2D eigenvalue weighted by Crippen LogP contribution is 2.10. The summed E-state index contributed by atoms with van der Waals surface area (Å²) < 4.78 is 8.17. The van der Waals surface area contributed by atoms with E-state index < -0.39 is 0 Å². The Hall–Kier alpha value is -3.17. The molecule has 0 fully saturated rings. The predicted molar refractivity (Wildman–Crippen MR) is 99.4 cm³/mol. The van der Waals surface area contributed by atoms with Crippen LogP contribution in [0.5, 0.6) is 0 Å². The molecule has 0 aliphatic heterocycles. The molecule has 0 radical (unpaired) electrons. The van der Waals surface area contributed by atoms with E-state index in [1.165, 1.54) is 16.3 Å². The summed E-state index contributed by atoms with van der Waals surface area (Å²) in [6.07, 6.45) is 3.46. The quantitative estimate of drug-likeness (QED) is 0.678. The van der Waals surface area contributed by atoms with Crippen molar-refractivity contribution >= 4 is 0 Å². The topological polar surface area (TPSA) is 61.9 Å². The number of rotatable bonds is 4. The molecule has 0 amide bonds. The summed E-state index contributed by atoms with van der Waals surface area (Å²) in [5.41, 5.74) is 3.24. The van der Waals surface area contributed by atoms with Crippen molar-refractivity contribution in [2.24, 2.45) is 0 Å². The zero-order valence-electron chi connectivity index (χ0n) is 15.1. The minimum absolute atomic E-state index is 0.181. The minimum Gasteiger partial charge on any atom is -0.383 e. The number of ether oxygens (including phenoxy) is 1. The van der Waals surface area contributed by atoms with Gasteiger partial charge >= 0.3 is 0 Å². The molecule has 0 unspecified atom stereocenters. The van der Waals surface area contributed by atoms with E-state index in [9.17, 15) is 4.79 Å². The molecule has 0 spiro atoms. The molecule has 0 saturated carbocycles. The van der Waals surface area contributed by atoms with Crippen LogP contribution in [0, 0.1) is 25.7 Å². The Morgan fingerprint density at radius 1 is 1.19 bits per heavy atom. The van der Waals surface area contributed by atoms with Gasteiger partial charge in [0.1, 0.15) is 11.5 Å². The SMILES string of the molecule is COCCn1ncc(-n2cc(C#Cc3cccc(C)c3)nc2C)cc1=O. The molecule has 26 heavy (non-hydrogen) atoms. The van der Waals surface area contributed by atoms with Crippen LogP contribution >= 0.6 is 0 Å². The molecule has 2 aromatic heterocycles. The average molecular weight is 348 g/mol. The summed E-state index contributed by atoms with van der Waals surface area (Å²) in [5, 5.41) is 4.19. The highest BCUT2D eigenvalue weighted by molar-refractivity contribution is 5.42. The van der Waals surface area contributed by atoms with Crippen LogP contribution in [0.15, 0.2) is 47.5 Å². The molecule has 3 rings (SSSR count). The maximum absolute atomic E-state index is 12.2. The molecule has 0 aliphatic rings. The summed E-state index contributed by atoms with van der Waals surface area (Å²) in [5.74, 6) is 6.93. The lowest BCUT2D eigenvalue weighted by Gasteiger charge is -2.06. The molecule has 6 nitrogen and oxygen atoms in total. The van der Waals surface area contributed by atoms with Crippen LogP contribution in [0.1, 0.15) is 22.6 Å². The fourth-order valence-corrected chi connectivity index (χ4v) is 2.55. The lowest BCUT2D eigenvalue weighted by atomic mass is 10.1. The van der Waals surface area contributed by atoms with Crippen molar-refractivity contribution < 1.29 is 4.74 Å². The lowest BCUT2D eigenvalue weighted by Crippen LogP contribution is -2.24. The fourth-order valence-electron chi connectivity index (χ4n) is 2.55. The first-order valence-electron chi connectivity index (χ1n) is 8.28. The van der Waals surface area contributed by atoms with E-state index in [-0.39, 0.29) is 5.56 Å². The van der Waals surface area contributed by atoms with Crippen LogP contribution in [-0.2, 0) is 11.3 Å². The number of hydrogen-bond donors (Lipinski definition) is 0. The van der Waals surface area contributed by atoms with Gasteiger partial charge < -0.3 is 9.30 Å². The molecular formula is C20H20N4O2. The Kier molecular flexibility index (Phi) is 5.30. The number of methoxy groups -OCH3 is 1. The maximum Gasteiger partial charge on any atom is 0.268 e. The van der Waals surface area contributed by atoms with Gasteiger partial charge in [0.15, 0.2) is 0 Å². The summed E-state index contributed by atoms with van der Waals surface area (Å²) in [7, 11) is 1.59. The first kappa shape index (κ1) is 17.6. The van der Waals surface area contributed by atoms with Crippen LogP contribution in [0.3, 0.4) is 0 Å². The number of nitrogens with zero attached hydrogens (tertiary/aromatic N) is 4. The van der Waals surface area contributed by atoms with Crippen molar-refractivity contribution in [3.8, 4) is 17.5 Å². The van der Waals surface area contributed by atoms with Crippen molar-refractivity contribution in [2.45, 2.75) is 20.4 Å². The zero-order valence-corrected chi connectivity index (χ0v) is 15.1. The van der Waals surface area contributed by atoms with Crippen molar-refractivity contribution in [1.29, 1.82) is 0 Å². The van der Waals surface area contributed by atoms with E-state index in [4.69, 9.17) is 4.74 Å². The molecule has 6 heteroatoms. The first-order chi connectivity index (χ1) is 12.6. The van der Waals surface area contributed by atoms with Gasteiger partial charge in [-0.3, -0.25) is 4.79 Å². The average Bonchev–Trinajstić information content (AvgIpc) is 3.00. The monoisotopic (exact) mass is 348 g/mol. The Balaban J connectivity index is 1.87. The molecular weight excluding hydrogens is 328 g/mol. The third-order valence-electron chi connectivity index (χ3n) is 3.88. The summed E-state index contributed by atoms with van der Waals surface area (Å²) in [6.45, 7) is 4.76. The van der Waals surface area contributed by atoms with Crippen LogP contribution in [-0.4, -0.2) is 33.0 Å². The Morgan fingerprint density at radius 3 is 2.77 bits per heavy atom. The smallest absolute Gasteiger partial charge is 0.268 e. The molecule has 0 aliphatic carbocycles. The zero-order chi connectivity index (χ0) is 18.5. The Bertz CT molecular complexity index is 1040. The molecule has 2 heterocycles. The molecule has 0 atom stereocenters. The van der Waals surface area contributed by atoms with Gasteiger partial charge in [-0.1, -0.05) is 18.1 Å². The van der Waals surface area contributed by atoms with Gasteiger partial charge in [-0.25, -0.2) is 9.67 Å². The molecule has 1 aromatic carbocycles. The van der Waals surface area contributed by atoms with E-state index in [1.54, 1.807) is 13.3 Å². The van der Waals surface area contributed by atoms with Crippen LogP contribution in [0.2, 0.25) is 0 Å². The van der Waals surface area contributed by atoms with E-state index in [0.717, 1.165) is 11.4 Å². The van der Waals surface area contributed by atoms with Crippen LogP contribution < -0.4 is 5.56 Å². The number of aryl methyl sites for hydroxylation is 2. The molecule has 0 N–H and O–H groups in total. The van der Waals surface area contributed by atoms with E-state index >= 15 is 0 Å². The highest BCUT2D eigenvalue weighted by atomic mass is 16.5. The van der Waals surface area contributed by atoms with Crippen LogP contribution in [0.25, 0.3) is 5.69 Å². The normalized spacial score (nSPS) is 10.4. The Labute approximate surface area is 152 Å². The van der Waals surface area contributed by atoms with Crippen molar-refractivity contribution in [3.63, 3.8) is 0 Å². The van der Waals surface area contributed by atoms with Gasteiger partial charge in [0, 0.05) is 24.9 Å². The van der Waals surface area contributed by atoms with Gasteiger partial charge in [-0.2, -0.15) is 5.10 Å². The van der Waals surface area contributed by atoms with Gasteiger partial charge in [-0.05, 0) is 37.5 Å². The maximum atomic E-state index is 12.2. The van der Waals surface area contributed by atoms with E-state index in [0.29, 0.717) is 24.5 Å². The van der Waals surface area contributed by atoms with E-state index in [1.807, 2.05) is 48.9 Å². The number of aromatic nitrogens is 4. The molecule has 3 aromatic rings. The van der Waals surface area contributed by atoms with Gasteiger partial charge in [0.25, 0.3) is 5.56 Å². The largest absolute Gasteiger partial charge is 0.383 e. The third kappa shape index (κ3) is 4.08. The second-order valence-corrected chi connectivity index (χ2v) is 5.93. The minimum atomic E-state index is -0.181. The molecule has 0 bridgehead atoms. The number of imidazole rings is 1. The van der Waals surface area contributed by atoms with Crippen molar-refractivity contribution in [1.82, 2.24) is 19.3 Å². The van der Waals surface area contributed by atoms with Crippen LogP contribution in [0.4, 0.5) is 0 Å². The standard InChI is InChI=1S/C20H20N4O2/c1-15-5-4-6-17(11-15)7-8-18-14-23(16(2)22-18)19-12-20(25)24(21-13-19)9-10-26-3/h4-6,11-14H,9-10H2,1-3H3. The summed E-state index contributed by atoms with van der Waals surface area (Å²) in [4.78, 5) is 16.6. The van der Waals surface area contributed by atoms with Crippen molar-refractivity contribution in [3.05, 3.63) is 75.7 Å². The van der Waals surface area contributed by atoms with Crippen molar-refractivity contribution in [2.75, 3.05) is 13.7 Å². The van der Waals surface area contributed by atoms with Gasteiger partial charge in [0.05, 0.1) is 25.0 Å². The van der Waals surface area contributed by atoms with Gasteiger partial charge in [0.2, 0.25) is 0 Å². The molecule has 0 saturated heterocycles. The van der Waals surface area contributed by atoms with Gasteiger partial charge in [-0.15, -0.1) is 0 Å². The number of hydrogen-bond acceptors (Lipinski definition) is 4. The summed E-state index contributed by atoms with van der Waals surface area (Å²) >= 11 is 0. The first-order valence-corrected chi connectivity index (χ1v) is 8.28. The van der Waals surface area contributed by atoms with E-state index in [2.05, 4.69) is 21.9 Å². The summed E-state index contributed by atoms with van der Waals surface area (Å²) in [6, 6.07) is 9.54. The third-order valence-corrected chi connectivity index (χ3v) is 3.88. The fraction of sp³-hybridized carbons (Fsp3) is 0.250. The lowest BCUT2D eigenvalue weighted by molar-refractivity contribution is 0.182. The molecule has 132 valence electrons. The Morgan fingerprint density at radius 2 is 2.04 bits per heavy atom. The highest BCUT2D eigenvalue weighted by Gasteiger charge is 2.07.